The summed E-state index contributed by atoms with van der Waals surface area (Å²) in [6.07, 6.45) is 0.299. The van der Waals surface area contributed by atoms with Crippen LogP contribution in [-0.2, 0) is 21.2 Å². The van der Waals surface area contributed by atoms with Gasteiger partial charge in [0.2, 0.25) is 15.9 Å². The predicted octanol–water partition coefficient (Wildman–Crippen LogP) is 2.79. The van der Waals surface area contributed by atoms with Gasteiger partial charge in [-0.15, -0.1) is 11.3 Å². The van der Waals surface area contributed by atoms with Crippen molar-refractivity contribution in [1.82, 2.24) is 9.29 Å². The number of fused-ring (bicyclic) bond motifs is 1. The van der Waals surface area contributed by atoms with Crippen LogP contribution in [0.15, 0.2) is 40.6 Å². The van der Waals surface area contributed by atoms with Gasteiger partial charge in [-0.05, 0) is 29.6 Å². The summed E-state index contributed by atoms with van der Waals surface area (Å²) in [4.78, 5) is 17.6. The van der Waals surface area contributed by atoms with E-state index in [1.54, 1.807) is 12.1 Å². The second-order valence-corrected chi connectivity index (χ2v) is 9.46. The van der Waals surface area contributed by atoms with Crippen molar-refractivity contribution in [3.05, 3.63) is 40.6 Å². The minimum Gasteiger partial charge on any atom is -0.302 e. The van der Waals surface area contributed by atoms with Crippen molar-refractivity contribution >= 4 is 54.0 Å². The number of thiophene rings is 1. The van der Waals surface area contributed by atoms with Crippen LogP contribution in [-0.4, -0.2) is 37.7 Å². The number of carbonyl (C=O) groups excluding carboxylic acids is 1. The number of thiazole rings is 1. The van der Waals surface area contributed by atoms with Crippen LogP contribution in [0.2, 0.25) is 0 Å². The molecule has 0 unspecified atom stereocenters. The summed E-state index contributed by atoms with van der Waals surface area (Å²) in [7, 11) is -0.513. The SMILES string of the molecule is CN(C)S(=O)(=O)c1ccc2nc(NC(=O)Cc3cccs3)sc2c1. The molecule has 6 nitrogen and oxygen atoms in total. The number of sulfonamides is 1. The highest BCUT2D eigenvalue weighted by Gasteiger charge is 2.18. The summed E-state index contributed by atoms with van der Waals surface area (Å²) >= 11 is 2.78. The second kappa shape index (κ2) is 6.60. The Labute approximate surface area is 147 Å². The molecule has 0 bridgehead atoms. The maximum absolute atomic E-state index is 12.2. The molecule has 0 radical (unpaired) electrons. The van der Waals surface area contributed by atoms with Gasteiger partial charge in [-0.1, -0.05) is 17.4 Å². The Balaban J connectivity index is 1.82. The van der Waals surface area contributed by atoms with Crippen LogP contribution in [0.3, 0.4) is 0 Å². The Hall–Kier alpha value is -1.81. The Morgan fingerprint density at radius 1 is 1.29 bits per heavy atom. The molecular weight excluding hydrogens is 366 g/mol. The number of hydrogen-bond donors (Lipinski definition) is 1. The number of aromatic nitrogens is 1. The molecule has 0 spiro atoms. The van der Waals surface area contributed by atoms with Gasteiger partial charge in [-0.3, -0.25) is 4.79 Å². The summed E-state index contributed by atoms with van der Waals surface area (Å²) in [6, 6.07) is 8.56. The topological polar surface area (TPSA) is 79.4 Å². The van der Waals surface area contributed by atoms with Gasteiger partial charge in [0, 0.05) is 19.0 Å². The molecule has 2 aromatic heterocycles. The van der Waals surface area contributed by atoms with Crippen molar-refractivity contribution in [2.45, 2.75) is 11.3 Å². The van der Waals surface area contributed by atoms with Crippen LogP contribution in [0.4, 0.5) is 5.13 Å². The molecule has 3 aromatic rings. The molecule has 0 aliphatic carbocycles. The first-order valence-electron chi connectivity index (χ1n) is 7.01. The van der Waals surface area contributed by atoms with Gasteiger partial charge in [0.25, 0.3) is 0 Å². The Morgan fingerprint density at radius 2 is 2.08 bits per heavy atom. The van der Waals surface area contributed by atoms with Crippen molar-refractivity contribution in [2.24, 2.45) is 0 Å². The highest BCUT2D eigenvalue weighted by molar-refractivity contribution is 7.89. The smallest absolute Gasteiger partial charge is 0.242 e. The fourth-order valence-corrected chi connectivity index (χ4v) is 4.69. The molecule has 0 aliphatic heterocycles. The van der Waals surface area contributed by atoms with E-state index in [-0.39, 0.29) is 10.8 Å². The molecule has 0 aliphatic rings. The molecule has 3 rings (SSSR count). The molecule has 2 heterocycles. The van der Waals surface area contributed by atoms with Crippen LogP contribution in [0.5, 0.6) is 0 Å². The van der Waals surface area contributed by atoms with Gasteiger partial charge in [0.05, 0.1) is 21.5 Å². The fraction of sp³-hybridized carbons (Fsp3) is 0.200. The minimum atomic E-state index is -3.49. The first-order valence-corrected chi connectivity index (χ1v) is 10.2. The molecule has 1 amide bonds. The molecule has 0 saturated heterocycles. The molecule has 1 aromatic carbocycles. The largest absolute Gasteiger partial charge is 0.302 e. The van der Waals surface area contributed by atoms with E-state index in [1.165, 1.54) is 47.1 Å². The van der Waals surface area contributed by atoms with Gasteiger partial charge in [0.15, 0.2) is 5.13 Å². The summed E-state index contributed by atoms with van der Waals surface area (Å²) in [5, 5.41) is 5.15. The van der Waals surface area contributed by atoms with Gasteiger partial charge in [-0.2, -0.15) is 0 Å². The standard InChI is InChI=1S/C15H15N3O3S3/c1-18(2)24(20,21)11-5-6-12-13(9-11)23-15(16-12)17-14(19)8-10-4-3-7-22-10/h3-7,9H,8H2,1-2H3,(H,16,17,19). The minimum absolute atomic E-state index is 0.141. The van der Waals surface area contributed by atoms with E-state index < -0.39 is 10.0 Å². The van der Waals surface area contributed by atoms with E-state index in [0.29, 0.717) is 21.8 Å². The van der Waals surface area contributed by atoms with Gasteiger partial charge < -0.3 is 5.32 Å². The van der Waals surface area contributed by atoms with Crippen LogP contribution < -0.4 is 5.32 Å². The highest BCUT2D eigenvalue weighted by atomic mass is 32.2. The normalized spacial score (nSPS) is 12.0. The van der Waals surface area contributed by atoms with Crippen LogP contribution >= 0.6 is 22.7 Å². The molecule has 0 saturated carbocycles. The first-order chi connectivity index (χ1) is 11.4. The van der Waals surface area contributed by atoms with Crippen LogP contribution in [0.25, 0.3) is 10.2 Å². The summed E-state index contributed by atoms with van der Waals surface area (Å²) < 4.78 is 26.2. The third-order valence-electron chi connectivity index (χ3n) is 3.30. The van der Waals surface area contributed by atoms with E-state index in [1.807, 2.05) is 17.5 Å². The third kappa shape index (κ3) is 3.48. The van der Waals surface area contributed by atoms with E-state index in [0.717, 1.165) is 4.88 Å². The van der Waals surface area contributed by atoms with Gasteiger partial charge >= 0.3 is 0 Å². The number of nitrogens with one attached hydrogen (secondary N) is 1. The van der Waals surface area contributed by atoms with E-state index >= 15 is 0 Å². The first kappa shape index (κ1) is 17.0. The van der Waals surface area contributed by atoms with E-state index in [9.17, 15) is 13.2 Å². The lowest BCUT2D eigenvalue weighted by molar-refractivity contribution is -0.115. The van der Waals surface area contributed by atoms with Crippen molar-refractivity contribution in [3.63, 3.8) is 0 Å². The van der Waals surface area contributed by atoms with Crippen molar-refractivity contribution < 1.29 is 13.2 Å². The number of hydrogen-bond acceptors (Lipinski definition) is 6. The zero-order valence-electron chi connectivity index (χ0n) is 13.0. The Kier molecular flexibility index (Phi) is 4.68. The molecule has 0 atom stereocenters. The molecule has 9 heteroatoms. The summed E-state index contributed by atoms with van der Waals surface area (Å²) in [5.74, 6) is -0.141. The zero-order chi connectivity index (χ0) is 17.3. The number of carbonyl (C=O) groups is 1. The van der Waals surface area contributed by atoms with Crippen LogP contribution in [0.1, 0.15) is 4.88 Å². The van der Waals surface area contributed by atoms with Crippen molar-refractivity contribution in [1.29, 1.82) is 0 Å². The third-order valence-corrected chi connectivity index (χ3v) is 6.92. The van der Waals surface area contributed by atoms with Crippen molar-refractivity contribution in [2.75, 3.05) is 19.4 Å². The highest BCUT2D eigenvalue weighted by Crippen LogP contribution is 2.29. The summed E-state index contributed by atoms with van der Waals surface area (Å²) in [6.45, 7) is 0. The number of anilines is 1. The van der Waals surface area contributed by atoms with Crippen LogP contribution in [0, 0.1) is 0 Å². The average molecular weight is 382 g/mol. The number of benzene rings is 1. The van der Waals surface area contributed by atoms with Gasteiger partial charge in [-0.25, -0.2) is 17.7 Å². The monoisotopic (exact) mass is 381 g/mol. The quantitative estimate of drug-likeness (QED) is 0.737. The van der Waals surface area contributed by atoms with Crippen molar-refractivity contribution in [3.8, 4) is 0 Å². The van der Waals surface area contributed by atoms with E-state index in [2.05, 4.69) is 10.3 Å². The average Bonchev–Trinajstić information content (AvgIpc) is 3.14. The molecule has 0 fully saturated rings. The van der Waals surface area contributed by atoms with Gasteiger partial charge in [0.1, 0.15) is 0 Å². The second-order valence-electron chi connectivity index (χ2n) is 5.24. The lowest BCUT2D eigenvalue weighted by Gasteiger charge is -2.10. The zero-order valence-corrected chi connectivity index (χ0v) is 15.5. The van der Waals surface area contributed by atoms with E-state index in [4.69, 9.17) is 0 Å². The number of rotatable bonds is 5. The maximum atomic E-state index is 12.2. The summed E-state index contributed by atoms with van der Waals surface area (Å²) in [5.41, 5.74) is 0.657. The lowest BCUT2D eigenvalue weighted by atomic mass is 10.3. The molecule has 1 N–H and O–H groups in total. The molecular formula is C15H15N3O3S3. The molecule has 24 heavy (non-hydrogen) atoms. The Morgan fingerprint density at radius 3 is 2.75 bits per heavy atom. The number of amides is 1. The predicted molar refractivity (Wildman–Crippen MR) is 97.1 cm³/mol. The lowest BCUT2D eigenvalue weighted by Crippen LogP contribution is -2.22. The Bertz CT molecular complexity index is 976. The molecule has 126 valence electrons. The number of nitrogens with zero attached hydrogens (tertiary/aromatic N) is 2. The maximum Gasteiger partial charge on any atom is 0.242 e. The fourth-order valence-electron chi connectivity index (χ4n) is 2.06.